The quantitative estimate of drug-likeness (QED) is 0.513. The maximum atomic E-state index is 13.9. The summed E-state index contributed by atoms with van der Waals surface area (Å²) in [6, 6.07) is 11.8. The van der Waals surface area contributed by atoms with Gasteiger partial charge in [0.05, 0.1) is 19.2 Å². The highest BCUT2D eigenvalue weighted by Gasteiger charge is 2.14. The van der Waals surface area contributed by atoms with E-state index in [1.54, 1.807) is 12.1 Å². The predicted octanol–water partition coefficient (Wildman–Crippen LogP) is 4.25. The Balaban J connectivity index is 1.79. The van der Waals surface area contributed by atoms with Crippen molar-refractivity contribution in [3.05, 3.63) is 121 Å². The molecule has 0 atom stereocenters. The molecule has 0 aliphatic rings. The molecule has 166 valence electrons. The van der Waals surface area contributed by atoms with Crippen LogP contribution < -0.4 is 11.2 Å². The number of nitrogens with zero attached hydrogens (tertiary/aromatic N) is 2. The fourth-order valence-electron chi connectivity index (χ4n) is 3.30. The average Bonchev–Trinajstić information content (AvgIpc) is 2.73. The van der Waals surface area contributed by atoms with Crippen molar-refractivity contribution in [1.82, 2.24) is 9.13 Å². The molecule has 0 radical (unpaired) electrons. The van der Waals surface area contributed by atoms with Gasteiger partial charge in [-0.05, 0) is 42.2 Å². The summed E-state index contributed by atoms with van der Waals surface area (Å²) >= 11 is 5.88. The van der Waals surface area contributed by atoms with Crippen molar-refractivity contribution in [3.63, 3.8) is 0 Å². The SMILES string of the molecule is C=C(Cc1ccc(Cl)cc1)Cn1c(O)cc(=O)n(CC(=C)Cc2cccc(F)c2F)c1=O. The van der Waals surface area contributed by atoms with Crippen molar-refractivity contribution >= 4 is 11.6 Å². The number of hydrogen-bond donors (Lipinski definition) is 1. The van der Waals surface area contributed by atoms with Crippen LogP contribution in [0.3, 0.4) is 0 Å². The van der Waals surface area contributed by atoms with Crippen molar-refractivity contribution in [1.29, 1.82) is 0 Å². The molecule has 0 bridgehead atoms. The first-order chi connectivity index (χ1) is 15.2. The third-order valence-electron chi connectivity index (χ3n) is 4.86. The van der Waals surface area contributed by atoms with Crippen molar-refractivity contribution < 1.29 is 13.9 Å². The van der Waals surface area contributed by atoms with E-state index in [1.165, 1.54) is 12.1 Å². The van der Waals surface area contributed by atoms with E-state index in [2.05, 4.69) is 13.2 Å². The molecule has 1 aromatic heterocycles. The number of hydrogen-bond acceptors (Lipinski definition) is 3. The first-order valence-electron chi connectivity index (χ1n) is 9.70. The third kappa shape index (κ3) is 5.42. The summed E-state index contributed by atoms with van der Waals surface area (Å²) in [7, 11) is 0. The number of aromatic nitrogens is 2. The van der Waals surface area contributed by atoms with Gasteiger partial charge in [-0.25, -0.2) is 13.6 Å². The molecule has 0 amide bonds. The van der Waals surface area contributed by atoms with E-state index >= 15 is 0 Å². The molecule has 0 saturated heterocycles. The normalized spacial score (nSPS) is 10.8. The Morgan fingerprint density at radius 3 is 2.25 bits per heavy atom. The van der Waals surface area contributed by atoms with E-state index in [-0.39, 0.29) is 25.1 Å². The van der Waals surface area contributed by atoms with Crippen LogP contribution in [-0.2, 0) is 25.9 Å². The molecule has 2 aromatic carbocycles. The molecule has 1 N–H and O–H groups in total. The minimum absolute atomic E-state index is 0.0153. The lowest BCUT2D eigenvalue weighted by molar-refractivity contribution is 0.398. The molecule has 0 aliphatic carbocycles. The maximum absolute atomic E-state index is 13.9. The van der Waals surface area contributed by atoms with Crippen LogP contribution in [0.1, 0.15) is 11.1 Å². The Kier molecular flexibility index (Phi) is 7.10. The van der Waals surface area contributed by atoms with Gasteiger partial charge in [-0.2, -0.15) is 0 Å². The standard InChI is InChI=1S/C24H21ClF2N2O3/c1-15(10-17-6-8-19(25)9-7-17)13-28-21(30)12-22(31)29(24(28)32)14-16(2)11-18-4-3-5-20(26)23(18)27/h3-9,12,30H,1-2,10-11,13-14H2. The van der Waals surface area contributed by atoms with E-state index in [0.29, 0.717) is 22.6 Å². The number of benzene rings is 2. The molecule has 3 rings (SSSR count). The summed E-state index contributed by atoms with van der Waals surface area (Å²) in [5.74, 6) is -2.48. The van der Waals surface area contributed by atoms with E-state index in [1.807, 2.05) is 12.1 Å². The monoisotopic (exact) mass is 458 g/mol. The zero-order valence-corrected chi connectivity index (χ0v) is 17.9. The maximum Gasteiger partial charge on any atom is 0.334 e. The zero-order valence-electron chi connectivity index (χ0n) is 17.2. The van der Waals surface area contributed by atoms with Gasteiger partial charge in [0.1, 0.15) is 0 Å². The number of rotatable bonds is 8. The lowest BCUT2D eigenvalue weighted by Crippen LogP contribution is -2.40. The Morgan fingerprint density at radius 1 is 0.938 bits per heavy atom. The number of halogens is 3. The van der Waals surface area contributed by atoms with E-state index in [0.717, 1.165) is 26.8 Å². The van der Waals surface area contributed by atoms with Crippen LogP contribution in [0, 0.1) is 11.6 Å². The van der Waals surface area contributed by atoms with Crippen LogP contribution in [0.15, 0.2) is 82.4 Å². The lowest BCUT2D eigenvalue weighted by atomic mass is 10.1. The smallest absolute Gasteiger partial charge is 0.334 e. The second-order valence-electron chi connectivity index (χ2n) is 7.49. The van der Waals surface area contributed by atoms with Gasteiger partial charge < -0.3 is 5.11 Å². The number of aromatic hydroxyl groups is 1. The van der Waals surface area contributed by atoms with Crippen molar-refractivity contribution in [3.8, 4) is 5.88 Å². The first kappa shape index (κ1) is 23.2. The largest absolute Gasteiger partial charge is 0.494 e. The van der Waals surface area contributed by atoms with Gasteiger partial charge in [0.15, 0.2) is 11.6 Å². The van der Waals surface area contributed by atoms with Crippen LogP contribution in [0.4, 0.5) is 8.78 Å². The fourth-order valence-corrected chi connectivity index (χ4v) is 3.43. The molecule has 3 aromatic rings. The van der Waals surface area contributed by atoms with E-state index in [9.17, 15) is 23.5 Å². The second kappa shape index (κ2) is 9.78. The molecule has 1 heterocycles. The van der Waals surface area contributed by atoms with Gasteiger partial charge in [0.2, 0.25) is 5.88 Å². The summed E-state index contributed by atoms with van der Waals surface area (Å²) in [5.41, 5.74) is 0.451. The van der Waals surface area contributed by atoms with Gasteiger partial charge in [0.25, 0.3) is 5.56 Å². The van der Waals surface area contributed by atoms with Crippen LogP contribution in [-0.4, -0.2) is 14.2 Å². The second-order valence-corrected chi connectivity index (χ2v) is 7.93. The highest BCUT2D eigenvalue weighted by atomic mass is 35.5. The van der Waals surface area contributed by atoms with Crippen molar-refractivity contribution in [2.24, 2.45) is 0 Å². The van der Waals surface area contributed by atoms with Crippen LogP contribution >= 0.6 is 11.6 Å². The fraction of sp³-hybridized carbons (Fsp3) is 0.167. The Hall–Kier alpha value is -3.45. The summed E-state index contributed by atoms with van der Waals surface area (Å²) in [6.07, 6.45) is 0.382. The summed E-state index contributed by atoms with van der Waals surface area (Å²) in [6.45, 7) is 7.51. The third-order valence-corrected chi connectivity index (χ3v) is 5.11. The molecule has 32 heavy (non-hydrogen) atoms. The van der Waals surface area contributed by atoms with E-state index < -0.39 is 28.8 Å². The molecule has 0 aliphatic heterocycles. The molecule has 0 unspecified atom stereocenters. The van der Waals surface area contributed by atoms with Gasteiger partial charge >= 0.3 is 5.69 Å². The Bertz CT molecular complexity index is 1290. The van der Waals surface area contributed by atoms with Crippen LogP contribution in [0.25, 0.3) is 0 Å². The van der Waals surface area contributed by atoms with Gasteiger partial charge in [0, 0.05) is 5.02 Å². The lowest BCUT2D eigenvalue weighted by Gasteiger charge is -2.15. The summed E-state index contributed by atoms with van der Waals surface area (Å²) in [4.78, 5) is 25.2. The minimum Gasteiger partial charge on any atom is -0.494 e. The van der Waals surface area contributed by atoms with Gasteiger partial charge in [-0.1, -0.05) is 60.2 Å². The Labute approximate surface area is 188 Å². The van der Waals surface area contributed by atoms with Gasteiger partial charge in [-0.3, -0.25) is 13.9 Å². The highest BCUT2D eigenvalue weighted by Crippen LogP contribution is 2.16. The highest BCUT2D eigenvalue weighted by molar-refractivity contribution is 6.30. The molecule has 8 heteroatoms. The first-order valence-corrected chi connectivity index (χ1v) is 10.1. The molecule has 0 saturated carbocycles. The van der Waals surface area contributed by atoms with Crippen LogP contribution in [0.2, 0.25) is 5.02 Å². The molecular weight excluding hydrogens is 438 g/mol. The van der Waals surface area contributed by atoms with Gasteiger partial charge in [-0.15, -0.1) is 0 Å². The molecule has 0 fully saturated rings. The predicted molar refractivity (Wildman–Crippen MR) is 120 cm³/mol. The Morgan fingerprint density at radius 2 is 1.56 bits per heavy atom. The molecule has 5 nitrogen and oxygen atoms in total. The zero-order chi connectivity index (χ0) is 23.4. The summed E-state index contributed by atoms with van der Waals surface area (Å²) < 4.78 is 29.3. The van der Waals surface area contributed by atoms with Crippen molar-refractivity contribution in [2.75, 3.05) is 0 Å². The summed E-state index contributed by atoms with van der Waals surface area (Å²) in [5, 5.41) is 10.8. The molecular formula is C24H21ClF2N2O3. The average molecular weight is 459 g/mol. The topological polar surface area (TPSA) is 64.2 Å². The van der Waals surface area contributed by atoms with E-state index in [4.69, 9.17) is 11.6 Å². The number of allylic oxidation sites excluding steroid dienone is 2. The van der Waals surface area contributed by atoms with Crippen LogP contribution in [0.5, 0.6) is 5.88 Å². The molecule has 0 spiro atoms. The minimum atomic E-state index is -0.998. The van der Waals surface area contributed by atoms with Crippen molar-refractivity contribution in [2.45, 2.75) is 25.9 Å².